The van der Waals surface area contributed by atoms with Gasteiger partial charge in [0.15, 0.2) is 0 Å². The molecule has 0 aliphatic carbocycles. The van der Waals surface area contributed by atoms with Crippen LogP contribution in [-0.2, 0) is 13.5 Å². The molecule has 2 aromatic heterocycles. The van der Waals surface area contributed by atoms with Crippen LogP contribution in [0.2, 0.25) is 5.02 Å². The van der Waals surface area contributed by atoms with Gasteiger partial charge in [-0.2, -0.15) is 10.1 Å². The maximum absolute atomic E-state index is 12.1. The molecule has 0 aliphatic rings. The van der Waals surface area contributed by atoms with Gasteiger partial charge in [-0.05, 0) is 19.1 Å². The van der Waals surface area contributed by atoms with Crippen LogP contribution in [0.15, 0.2) is 35.0 Å². The van der Waals surface area contributed by atoms with Gasteiger partial charge in [-0.15, -0.1) is 0 Å². The van der Waals surface area contributed by atoms with E-state index in [1.165, 1.54) is 0 Å². The van der Waals surface area contributed by atoms with Crippen LogP contribution in [0.5, 0.6) is 0 Å². The van der Waals surface area contributed by atoms with E-state index in [1.807, 2.05) is 19.1 Å². The molecule has 0 spiro atoms. The molecule has 7 nitrogen and oxygen atoms in total. The van der Waals surface area contributed by atoms with Crippen molar-refractivity contribution in [1.29, 1.82) is 0 Å². The fraction of sp³-hybridized carbons (Fsp3) is 0.250. The van der Waals surface area contributed by atoms with Crippen molar-refractivity contribution in [3.05, 3.63) is 52.6 Å². The summed E-state index contributed by atoms with van der Waals surface area (Å²) in [6.45, 7) is 2.24. The summed E-state index contributed by atoms with van der Waals surface area (Å²) in [7, 11) is 1.79. The van der Waals surface area contributed by atoms with Gasteiger partial charge in [-0.1, -0.05) is 28.9 Å². The quantitative estimate of drug-likeness (QED) is 0.767. The summed E-state index contributed by atoms with van der Waals surface area (Å²) in [5.41, 5.74) is 2.16. The van der Waals surface area contributed by atoms with Crippen LogP contribution in [0.1, 0.15) is 21.9 Å². The van der Waals surface area contributed by atoms with E-state index in [4.69, 9.17) is 16.1 Å². The highest BCUT2D eigenvalue weighted by atomic mass is 35.5. The zero-order valence-corrected chi connectivity index (χ0v) is 14.0. The molecular formula is C16H16ClN5O2. The van der Waals surface area contributed by atoms with Gasteiger partial charge in [0, 0.05) is 36.3 Å². The molecule has 0 bridgehead atoms. The van der Waals surface area contributed by atoms with Crippen molar-refractivity contribution in [3.8, 4) is 11.4 Å². The van der Waals surface area contributed by atoms with Crippen molar-refractivity contribution in [2.75, 3.05) is 6.54 Å². The van der Waals surface area contributed by atoms with Gasteiger partial charge in [0.1, 0.15) is 0 Å². The predicted molar refractivity (Wildman–Crippen MR) is 88.7 cm³/mol. The largest absolute Gasteiger partial charge is 0.351 e. The Bertz CT molecular complexity index is 871. The number of carbonyl (C=O) groups excluding carboxylic acids is 1. The minimum Gasteiger partial charge on any atom is -0.351 e. The van der Waals surface area contributed by atoms with Crippen molar-refractivity contribution < 1.29 is 9.32 Å². The first-order chi connectivity index (χ1) is 11.5. The van der Waals surface area contributed by atoms with Gasteiger partial charge in [0.2, 0.25) is 11.7 Å². The number of rotatable bonds is 5. The summed E-state index contributed by atoms with van der Waals surface area (Å²) in [5.74, 6) is 0.755. The topological polar surface area (TPSA) is 85.8 Å². The van der Waals surface area contributed by atoms with E-state index < -0.39 is 0 Å². The Morgan fingerprint density at radius 3 is 2.96 bits per heavy atom. The van der Waals surface area contributed by atoms with Crippen LogP contribution < -0.4 is 5.32 Å². The smallest absolute Gasteiger partial charge is 0.254 e. The van der Waals surface area contributed by atoms with Crippen LogP contribution in [-0.4, -0.2) is 32.4 Å². The molecule has 0 saturated heterocycles. The zero-order chi connectivity index (χ0) is 17.1. The second-order valence-electron chi connectivity index (χ2n) is 5.30. The number of amides is 1. The molecule has 3 rings (SSSR count). The van der Waals surface area contributed by atoms with Crippen molar-refractivity contribution in [3.63, 3.8) is 0 Å². The fourth-order valence-electron chi connectivity index (χ4n) is 2.20. The Balaban J connectivity index is 1.58. The number of benzene rings is 1. The first kappa shape index (κ1) is 16.2. The van der Waals surface area contributed by atoms with Gasteiger partial charge in [0.25, 0.3) is 5.91 Å². The lowest BCUT2D eigenvalue weighted by atomic mass is 10.2. The molecule has 24 heavy (non-hydrogen) atoms. The summed E-state index contributed by atoms with van der Waals surface area (Å²) in [4.78, 5) is 16.4. The van der Waals surface area contributed by atoms with Crippen molar-refractivity contribution in [2.24, 2.45) is 7.05 Å². The average Bonchev–Trinajstić information content (AvgIpc) is 3.15. The fourth-order valence-corrected chi connectivity index (χ4v) is 2.39. The Hall–Kier alpha value is -2.67. The third-order valence-electron chi connectivity index (χ3n) is 3.66. The highest BCUT2D eigenvalue weighted by Crippen LogP contribution is 2.19. The summed E-state index contributed by atoms with van der Waals surface area (Å²) in [6, 6.07) is 7.22. The summed E-state index contributed by atoms with van der Waals surface area (Å²) in [5, 5.41) is 11.4. The molecule has 1 aromatic carbocycles. The van der Waals surface area contributed by atoms with Gasteiger partial charge >= 0.3 is 0 Å². The normalized spacial score (nSPS) is 10.8. The van der Waals surface area contributed by atoms with E-state index >= 15 is 0 Å². The van der Waals surface area contributed by atoms with Crippen LogP contribution in [0.3, 0.4) is 0 Å². The van der Waals surface area contributed by atoms with E-state index in [9.17, 15) is 4.79 Å². The number of aryl methyl sites for hydroxylation is 1. The van der Waals surface area contributed by atoms with E-state index in [0.29, 0.717) is 35.3 Å². The highest BCUT2D eigenvalue weighted by molar-refractivity contribution is 6.30. The van der Waals surface area contributed by atoms with Crippen LogP contribution >= 0.6 is 11.6 Å². The average molecular weight is 346 g/mol. The predicted octanol–water partition coefficient (Wildman–Crippen LogP) is 2.40. The number of aromatic nitrogens is 4. The maximum Gasteiger partial charge on any atom is 0.254 e. The molecule has 0 atom stereocenters. The molecule has 8 heteroatoms. The molecule has 0 aliphatic heterocycles. The SMILES string of the molecule is Cc1c(C(=O)NCCc2nc(-c3cccc(Cl)c3)no2)cnn1C. The Morgan fingerprint density at radius 1 is 1.42 bits per heavy atom. The number of hydrogen-bond acceptors (Lipinski definition) is 5. The van der Waals surface area contributed by atoms with E-state index in [-0.39, 0.29) is 5.91 Å². The third kappa shape index (κ3) is 3.46. The first-order valence-corrected chi connectivity index (χ1v) is 7.77. The Kier molecular flexibility index (Phi) is 4.61. The molecule has 1 amide bonds. The molecule has 0 unspecified atom stereocenters. The number of halogens is 1. The second kappa shape index (κ2) is 6.84. The number of nitrogens with zero attached hydrogens (tertiary/aromatic N) is 4. The standard InChI is InChI=1S/C16H16ClN5O2/c1-10-13(9-19-22(10)2)16(23)18-7-6-14-20-15(21-24-14)11-4-3-5-12(17)8-11/h3-5,8-9H,6-7H2,1-2H3,(H,18,23). The number of hydrogen-bond donors (Lipinski definition) is 1. The third-order valence-corrected chi connectivity index (χ3v) is 3.89. The zero-order valence-electron chi connectivity index (χ0n) is 13.3. The van der Waals surface area contributed by atoms with Gasteiger partial charge in [-0.3, -0.25) is 9.48 Å². The van der Waals surface area contributed by atoms with Crippen molar-refractivity contribution in [1.82, 2.24) is 25.2 Å². The summed E-state index contributed by atoms with van der Waals surface area (Å²) < 4.78 is 6.86. The molecule has 2 heterocycles. The molecular weight excluding hydrogens is 330 g/mol. The highest BCUT2D eigenvalue weighted by Gasteiger charge is 2.13. The monoisotopic (exact) mass is 345 g/mol. The van der Waals surface area contributed by atoms with Crippen LogP contribution in [0.25, 0.3) is 11.4 Å². The minimum absolute atomic E-state index is 0.171. The first-order valence-electron chi connectivity index (χ1n) is 7.40. The number of carbonyl (C=O) groups is 1. The minimum atomic E-state index is -0.171. The Morgan fingerprint density at radius 2 is 2.25 bits per heavy atom. The molecule has 0 saturated carbocycles. The van der Waals surface area contributed by atoms with Crippen LogP contribution in [0.4, 0.5) is 0 Å². The maximum atomic E-state index is 12.1. The second-order valence-corrected chi connectivity index (χ2v) is 5.73. The molecule has 0 fully saturated rings. The Labute approximate surface area is 143 Å². The van der Waals surface area contributed by atoms with E-state index in [0.717, 1.165) is 11.3 Å². The van der Waals surface area contributed by atoms with Gasteiger partial charge in [-0.25, -0.2) is 0 Å². The van der Waals surface area contributed by atoms with Crippen molar-refractivity contribution in [2.45, 2.75) is 13.3 Å². The lowest BCUT2D eigenvalue weighted by Gasteiger charge is -2.02. The molecule has 3 aromatic rings. The molecule has 0 radical (unpaired) electrons. The lowest BCUT2D eigenvalue weighted by molar-refractivity contribution is 0.0952. The molecule has 124 valence electrons. The van der Waals surface area contributed by atoms with Crippen molar-refractivity contribution >= 4 is 17.5 Å². The summed E-state index contributed by atoms with van der Waals surface area (Å²) in [6.07, 6.45) is 1.99. The molecule has 1 N–H and O–H groups in total. The van der Waals surface area contributed by atoms with Crippen LogP contribution in [0, 0.1) is 6.92 Å². The van der Waals surface area contributed by atoms with Gasteiger partial charge < -0.3 is 9.84 Å². The van der Waals surface area contributed by atoms with Gasteiger partial charge in [0.05, 0.1) is 11.8 Å². The summed E-state index contributed by atoms with van der Waals surface area (Å²) >= 11 is 5.95. The lowest BCUT2D eigenvalue weighted by Crippen LogP contribution is -2.26. The van der Waals surface area contributed by atoms with E-state index in [2.05, 4.69) is 20.6 Å². The van der Waals surface area contributed by atoms with E-state index in [1.54, 1.807) is 30.1 Å². The number of nitrogens with one attached hydrogen (secondary N) is 1.